The van der Waals surface area contributed by atoms with Gasteiger partial charge in [0.15, 0.2) is 0 Å². The van der Waals surface area contributed by atoms with E-state index in [1.807, 2.05) is 127 Å². The zero-order valence-corrected chi connectivity index (χ0v) is 83.6. The molecule has 0 unspecified atom stereocenters. The molecule has 0 radical (unpaired) electrons. The number of hydrogen-bond acceptors (Lipinski definition) is 12. The van der Waals surface area contributed by atoms with Gasteiger partial charge in [0.25, 0.3) is 53.5 Å². The summed E-state index contributed by atoms with van der Waals surface area (Å²) in [6.07, 6.45) is 14.7. The molecule has 44 heteroatoms. The fourth-order valence-electron chi connectivity index (χ4n) is 8.71. The summed E-state index contributed by atoms with van der Waals surface area (Å²) < 4.78 is 85.5. The van der Waals surface area contributed by atoms with Gasteiger partial charge < -0.3 is 51.9 Å². The molecule has 1 rings (SSSR count). The van der Waals surface area contributed by atoms with Crippen molar-refractivity contribution in [2.75, 3.05) is 52.9 Å². The van der Waals surface area contributed by atoms with Crippen molar-refractivity contribution in [3.8, 4) is 0 Å². The van der Waals surface area contributed by atoms with Crippen molar-refractivity contribution >= 4 is 299 Å². The first-order valence-electron chi connectivity index (χ1n) is 29.7. The highest BCUT2D eigenvalue weighted by Crippen LogP contribution is 2.43. The average molecular weight is 1880 g/mol. The predicted octanol–water partition coefficient (Wildman–Crippen LogP) is 21.9. The van der Waals surface area contributed by atoms with Crippen LogP contribution in [-0.4, -0.2) is 175 Å². The average Bonchev–Trinajstić information content (AvgIpc) is 0.762. The van der Waals surface area contributed by atoms with Crippen LogP contribution in [0.1, 0.15) is 0 Å². The van der Waals surface area contributed by atoms with Crippen molar-refractivity contribution in [2.45, 2.75) is 153 Å². The van der Waals surface area contributed by atoms with E-state index in [1.165, 1.54) is 0 Å². The molecular formula is C48H96Cl16O12Si16. The third-order valence-electron chi connectivity index (χ3n) is 13.0. The zero-order valence-electron chi connectivity index (χ0n) is 55.5. The van der Waals surface area contributed by atoms with Gasteiger partial charge in [0.1, 0.15) is 0 Å². The Morgan fingerprint density at radius 2 is 0.337 bits per heavy atom. The fourth-order valence-corrected chi connectivity index (χ4v) is 56.7. The summed E-state index contributed by atoms with van der Waals surface area (Å²) >= 11 is 104. The van der Waals surface area contributed by atoms with Gasteiger partial charge in [-0.05, 0) is 153 Å². The maximum atomic E-state index is 7.89. The third kappa shape index (κ3) is 50.9. The summed E-state index contributed by atoms with van der Waals surface area (Å²) in [7, 11) is -26.9. The molecule has 1 heterocycles. The topological polar surface area (TPSA) is 111 Å². The van der Waals surface area contributed by atoms with E-state index in [1.54, 1.807) is 45.6 Å². The highest BCUT2D eigenvalue weighted by atomic mass is 35.7. The second-order valence-electron chi connectivity index (χ2n) is 24.8. The van der Waals surface area contributed by atoms with Crippen molar-refractivity contribution in [1.82, 2.24) is 0 Å². The van der Waals surface area contributed by atoms with Gasteiger partial charge in [-0.1, -0.05) is 94.2 Å². The van der Waals surface area contributed by atoms with E-state index in [9.17, 15) is 0 Å². The van der Waals surface area contributed by atoms with Crippen LogP contribution >= 0.6 is 177 Å². The van der Waals surface area contributed by atoms with E-state index < -0.39 is 122 Å². The van der Waals surface area contributed by atoms with Gasteiger partial charge in [-0.25, -0.2) is 0 Å². The second kappa shape index (κ2) is 41.6. The summed E-state index contributed by atoms with van der Waals surface area (Å²) in [4.78, 5) is 0. The van der Waals surface area contributed by atoms with Crippen molar-refractivity contribution in [2.24, 2.45) is 0 Å². The molecule has 0 saturated carbocycles. The molecule has 0 N–H and O–H groups in total. The Bertz CT molecular complexity index is 2000. The van der Waals surface area contributed by atoms with Crippen LogP contribution in [0.5, 0.6) is 0 Å². The standard InChI is InChI=1S/C48H96Cl16O12Si16/c1-77(49,50)33-17-25-65-85(9,66-26-18-34-78(2,51)52)41-45-89(13)73-90(14,46-42-86(10,67-27-19-35-79(3,53)54)68-28-20-36-80(4,55)56)75-92(16,48-44-88(12,71-31-23-39-83(7,61)62)72-32-24-40-84(8,63)64)76-91(15,74-89)47-43-87(11,69-29-21-37-81(5,57)58)70-30-22-38-82(6,59)60/h17-24,33-40H,25-32,41-48H2,1-16H3/b33-17+,34-18+,35-19+,36-20+,37-21+,38-22+,39-23+,40-24+. The molecule has 0 atom stereocenters. The SMILES string of the molecule is C[Si](Cl)(Cl)/C=C/CO[Si](C)(CC[Si]1(C)O[Si](C)(CC[Si](C)(OC/C=C/[Si](C)(Cl)Cl)OC/C=C/[Si](C)(Cl)Cl)O[Si](C)(CC[Si](C)(OC/C=C/[Si](C)(Cl)Cl)OC/C=C/[Si](C)(Cl)Cl)O[Si](C)(CC[Si](C)(OC/C=C/[Si](C)(Cl)Cl)OC/C=C/[Si](C)(Cl)Cl)O1)OC/C=C/[Si](C)(Cl)Cl. The normalized spacial score (nSPS) is 22.6. The van der Waals surface area contributed by atoms with Gasteiger partial charge in [0.05, 0.1) is 52.9 Å². The lowest BCUT2D eigenvalue weighted by Gasteiger charge is -2.51. The van der Waals surface area contributed by atoms with E-state index >= 15 is 0 Å². The van der Waals surface area contributed by atoms with Crippen LogP contribution < -0.4 is 0 Å². The van der Waals surface area contributed by atoms with Gasteiger partial charge in [0, 0.05) is 0 Å². The molecule has 1 saturated heterocycles. The zero-order chi connectivity index (χ0) is 71.1. The molecule has 0 spiro atoms. The number of rotatable bonds is 44. The molecular weight excluding hydrogens is 1790 g/mol. The lowest BCUT2D eigenvalue weighted by molar-refractivity contribution is 0.195. The minimum atomic E-state index is -3.56. The molecule has 0 aromatic heterocycles. The Labute approximate surface area is 643 Å². The second-order valence-corrected chi connectivity index (χ2v) is 113. The van der Waals surface area contributed by atoms with Crippen LogP contribution in [0.2, 0.25) is 153 Å². The number of halogens is 16. The molecule has 0 bridgehead atoms. The maximum absolute atomic E-state index is 7.89. The van der Waals surface area contributed by atoms with E-state index in [2.05, 4.69) is 26.2 Å². The van der Waals surface area contributed by atoms with E-state index in [4.69, 9.17) is 229 Å². The van der Waals surface area contributed by atoms with Gasteiger partial charge in [-0.2, -0.15) is 0 Å². The van der Waals surface area contributed by atoms with E-state index in [-0.39, 0.29) is 52.9 Å². The van der Waals surface area contributed by atoms with E-state index in [0.29, 0.717) is 48.4 Å². The first kappa shape index (κ1) is 95.6. The number of hydrogen-bond donors (Lipinski definition) is 0. The molecule has 1 aliphatic heterocycles. The molecule has 0 aromatic carbocycles. The van der Waals surface area contributed by atoms with Crippen molar-refractivity contribution in [1.29, 1.82) is 0 Å². The van der Waals surface area contributed by atoms with Gasteiger partial charge in [-0.3, -0.25) is 0 Å². The Morgan fingerprint density at radius 1 is 0.228 bits per heavy atom. The van der Waals surface area contributed by atoms with Gasteiger partial charge in [0.2, 0.25) is 0 Å². The monoisotopic (exact) mass is 1870 g/mol. The predicted molar refractivity (Wildman–Crippen MR) is 443 cm³/mol. The molecule has 0 aliphatic carbocycles. The van der Waals surface area contributed by atoms with Gasteiger partial charge >= 0.3 is 68.5 Å². The summed E-state index contributed by atoms with van der Waals surface area (Å²) in [5.41, 5.74) is 14.4. The van der Waals surface area contributed by atoms with Crippen molar-refractivity contribution < 1.29 is 51.9 Å². The summed E-state index contributed by atoms with van der Waals surface area (Å²) in [6.45, 7) is 11.6. The molecule has 12 nitrogen and oxygen atoms in total. The van der Waals surface area contributed by atoms with Crippen LogP contribution in [0.3, 0.4) is 0 Å². The Balaban J connectivity index is 4.51. The van der Waals surface area contributed by atoms with Crippen molar-refractivity contribution in [3.05, 3.63) is 94.2 Å². The first-order valence-corrected chi connectivity index (χ1v) is 86.7. The Kier molecular flexibility index (Phi) is 43.2. The van der Waals surface area contributed by atoms with Crippen LogP contribution in [0.4, 0.5) is 0 Å². The van der Waals surface area contributed by atoms with E-state index in [0.717, 1.165) is 0 Å². The highest BCUT2D eigenvalue weighted by Gasteiger charge is 2.59. The largest absolute Gasteiger partial charge is 0.416 e. The highest BCUT2D eigenvalue weighted by molar-refractivity contribution is 7.50. The summed E-state index contributed by atoms with van der Waals surface area (Å²) in [5.74, 6) is 0. The lowest BCUT2D eigenvalue weighted by Crippen LogP contribution is -2.68. The van der Waals surface area contributed by atoms with Crippen LogP contribution in [-0.2, 0) is 51.9 Å². The molecule has 1 fully saturated rings. The van der Waals surface area contributed by atoms with Crippen LogP contribution in [0.25, 0.3) is 0 Å². The van der Waals surface area contributed by atoms with Crippen LogP contribution in [0.15, 0.2) is 94.2 Å². The Hall–Kier alpha value is 5.55. The van der Waals surface area contributed by atoms with Gasteiger partial charge in [-0.15, -0.1) is 177 Å². The molecule has 1 aliphatic rings. The molecule has 536 valence electrons. The fraction of sp³-hybridized carbons (Fsp3) is 0.667. The molecule has 0 aromatic rings. The summed E-state index contributed by atoms with van der Waals surface area (Å²) in [5, 5.41) is 0. The first-order chi connectivity index (χ1) is 41.3. The smallest absolute Gasteiger partial charge is 0.335 e. The van der Waals surface area contributed by atoms with Crippen molar-refractivity contribution in [3.63, 3.8) is 0 Å². The van der Waals surface area contributed by atoms with Crippen LogP contribution in [0, 0.1) is 0 Å². The molecule has 0 amide bonds. The summed E-state index contributed by atoms with van der Waals surface area (Å²) in [6, 6.07) is 3.39. The maximum Gasteiger partial charge on any atom is 0.335 e. The third-order valence-corrected chi connectivity index (χ3v) is 56.9. The molecule has 92 heavy (non-hydrogen) atoms. The minimum Gasteiger partial charge on any atom is -0.416 e. The lowest BCUT2D eigenvalue weighted by atomic mass is 10.7. The Morgan fingerprint density at radius 3 is 0.435 bits per heavy atom. The quantitative estimate of drug-likeness (QED) is 0.0428. The minimum absolute atomic E-state index is 0.203.